The number of nitrogens with zero attached hydrogens (tertiary/aromatic N) is 1. The van der Waals surface area contributed by atoms with Gasteiger partial charge in [0.15, 0.2) is 6.10 Å². The molecule has 1 atom stereocenters. The molecule has 1 amide bonds. The van der Waals surface area contributed by atoms with Crippen molar-refractivity contribution in [1.82, 2.24) is 0 Å². The number of ether oxygens (including phenoxy) is 1. The monoisotopic (exact) mass is 342 g/mol. The summed E-state index contributed by atoms with van der Waals surface area (Å²) in [4.78, 5) is 24.1. The van der Waals surface area contributed by atoms with Crippen LogP contribution in [-0.4, -0.2) is 18.0 Å². The lowest BCUT2D eigenvalue weighted by atomic mass is 9.86. The predicted molar refractivity (Wildman–Crippen MR) is 95.8 cm³/mol. The Hall–Kier alpha value is -2.35. The normalized spacial score (nSPS) is 15.8. The molecule has 1 aromatic rings. The van der Waals surface area contributed by atoms with Crippen LogP contribution in [0.5, 0.6) is 0 Å². The minimum atomic E-state index is -0.881. The molecular formula is C20H26N2O3. The molecule has 1 N–H and O–H groups in total. The second kappa shape index (κ2) is 9.83. The quantitative estimate of drug-likeness (QED) is 0.754. The average Bonchev–Trinajstić information content (AvgIpc) is 2.63. The van der Waals surface area contributed by atoms with E-state index in [-0.39, 0.29) is 5.97 Å². The van der Waals surface area contributed by atoms with Crippen LogP contribution in [0.3, 0.4) is 0 Å². The number of nitrogens with one attached hydrogen (secondary N) is 1. The van der Waals surface area contributed by atoms with E-state index in [9.17, 15) is 9.59 Å². The third kappa shape index (κ3) is 6.22. The summed E-state index contributed by atoms with van der Waals surface area (Å²) in [6.45, 7) is 1.54. The molecule has 0 bridgehead atoms. The molecule has 5 heteroatoms. The third-order valence-electron chi connectivity index (χ3n) is 4.70. The van der Waals surface area contributed by atoms with Crippen LogP contribution in [0.15, 0.2) is 24.3 Å². The number of benzene rings is 1. The van der Waals surface area contributed by atoms with Crippen LogP contribution in [-0.2, 0) is 14.3 Å². The molecule has 1 saturated carbocycles. The molecule has 2 rings (SSSR count). The first-order chi connectivity index (χ1) is 12.1. The van der Waals surface area contributed by atoms with Crippen molar-refractivity contribution < 1.29 is 14.3 Å². The highest BCUT2D eigenvalue weighted by Gasteiger charge is 2.19. The van der Waals surface area contributed by atoms with Crippen molar-refractivity contribution in [2.24, 2.45) is 5.92 Å². The first-order valence-corrected chi connectivity index (χ1v) is 9.09. The van der Waals surface area contributed by atoms with Crippen LogP contribution in [0, 0.1) is 17.2 Å². The van der Waals surface area contributed by atoms with Crippen LogP contribution >= 0.6 is 0 Å². The van der Waals surface area contributed by atoms with Crippen molar-refractivity contribution >= 4 is 17.6 Å². The number of anilines is 1. The van der Waals surface area contributed by atoms with Gasteiger partial charge in [-0.15, -0.1) is 0 Å². The molecule has 1 aromatic carbocycles. The fraction of sp³-hybridized carbons (Fsp3) is 0.550. The van der Waals surface area contributed by atoms with Crippen LogP contribution in [0.25, 0.3) is 0 Å². The molecule has 25 heavy (non-hydrogen) atoms. The van der Waals surface area contributed by atoms with Gasteiger partial charge in [0.05, 0.1) is 11.3 Å². The van der Waals surface area contributed by atoms with Crippen LogP contribution in [0.1, 0.15) is 63.9 Å². The van der Waals surface area contributed by atoms with Gasteiger partial charge in [0.1, 0.15) is 6.07 Å². The van der Waals surface area contributed by atoms with Crippen LogP contribution in [0.2, 0.25) is 0 Å². The van der Waals surface area contributed by atoms with E-state index in [2.05, 4.69) is 5.32 Å². The lowest BCUT2D eigenvalue weighted by Gasteiger charge is -2.21. The molecule has 0 radical (unpaired) electrons. The first-order valence-electron chi connectivity index (χ1n) is 9.09. The molecule has 0 aromatic heterocycles. The minimum absolute atomic E-state index is 0.341. The number of esters is 1. The van der Waals surface area contributed by atoms with E-state index in [1.807, 2.05) is 6.07 Å². The van der Waals surface area contributed by atoms with Crippen molar-refractivity contribution in [3.05, 3.63) is 29.8 Å². The number of hydrogen-bond acceptors (Lipinski definition) is 4. The van der Waals surface area contributed by atoms with Crippen molar-refractivity contribution in [3.8, 4) is 6.07 Å². The van der Waals surface area contributed by atoms with Gasteiger partial charge in [-0.1, -0.05) is 44.2 Å². The van der Waals surface area contributed by atoms with E-state index in [4.69, 9.17) is 10.00 Å². The Bertz CT molecular complexity index is 630. The lowest BCUT2D eigenvalue weighted by molar-refractivity contribution is -0.153. The maximum atomic E-state index is 12.1. The summed E-state index contributed by atoms with van der Waals surface area (Å²) in [5.41, 5.74) is 0.803. The minimum Gasteiger partial charge on any atom is -0.453 e. The molecule has 134 valence electrons. The zero-order valence-electron chi connectivity index (χ0n) is 14.8. The molecule has 0 heterocycles. The number of nitriles is 1. The Kier molecular flexibility index (Phi) is 7.46. The van der Waals surface area contributed by atoms with Gasteiger partial charge in [0.25, 0.3) is 5.91 Å². The first kappa shape index (κ1) is 19.0. The molecule has 0 unspecified atom stereocenters. The maximum Gasteiger partial charge on any atom is 0.306 e. The van der Waals surface area contributed by atoms with E-state index in [1.54, 1.807) is 31.2 Å². The standard InChI is InChI=1S/C20H26N2O3/c1-15(20(24)22-18-12-6-5-11-17(18)14-21)25-19(23)13-7-10-16-8-3-2-4-9-16/h5-6,11-12,15-16H,2-4,7-10,13H2,1H3,(H,22,24)/t15-/m0/s1. The summed E-state index contributed by atoms with van der Waals surface area (Å²) >= 11 is 0. The second-order valence-electron chi connectivity index (χ2n) is 6.67. The predicted octanol–water partition coefficient (Wildman–Crippen LogP) is 4.18. The fourth-order valence-corrected chi connectivity index (χ4v) is 3.24. The van der Waals surface area contributed by atoms with E-state index >= 15 is 0 Å². The van der Waals surface area contributed by atoms with E-state index in [0.717, 1.165) is 18.8 Å². The van der Waals surface area contributed by atoms with E-state index in [1.165, 1.54) is 32.1 Å². The number of para-hydroxylation sites is 1. The van der Waals surface area contributed by atoms with Gasteiger partial charge in [-0.3, -0.25) is 9.59 Å². The van der Waals surface area contributed by atoms with Gasteiger partial charge in [0.2, 0.25) is 0 Å². The van der Waals surface area contributed by atoms with Crippen molar-refractivity contribution in [1.29, 1.82) is 5.26 Å². The average molecular weight is 342 g/mol. The molecule has 5 nitrogen and oxygen atoms in total. The smallest absolute Gasteiger partial charge is 0.306 e. The molecule has 0 aliphatic heterocycles. The number of rotatable bonds is 7. The maximum absolute atomic E-state index is 12.1. The molecule has 1 fully saturated rings. The summed E-state index contributed by atoms with van der Waals surface area (Å²) in [6, 6.07) is 8.75. The number of amides is 1. The zero-order valence-corrected chi connectivity index (χ0v) is 14.8. The lowest BCUT2D eigenvalue weighted by Crippen LogP contribution is -2.30. The van der Waals surface area contributed by atoms with Crippen LogP contribution < -0.4 is 5.32 Å². The van der Waals surface area contributed by atoms with Gasteiger partial charge < -0.3 is 10.1 Å². The van der Waals surface area contributed by atoms with E-state index < -0.39 is 12.0 Å². The Balaban J connectivity index is 1.72. The highest BCUT2D eigenvalue weighted by molar-refractivity contribution is 5.96. The number of hydrogen-bond donors (Lipinski definition) is 1. The summed E-state index contributed by atoms with van der Waals surface area (Å²) < 4.78 is 5.21. The molecule has 1 aliphatic carbocycles. The molecule has 1 aliphatic rings. The Labute approximate surface area is 149 Å². The largest absolute Gasteiger partial charge is 0.453 e. The zero-order chi connectivity index (χ0) is 18.1. The van der Waals surface area contributed by atoms with Crippen molar-refractivity contribution in [2.75, 3.05) is 5.32 Å². The second-order valence-corrected chi connectivity index (χ2v) is 6.67. The molecule has 0 spiro atoms. The van der Waals surface area contributed by atoms with Gasteiger partial charge in [-0.2, -0.15) is 5.26 Å². The van der Waals surface area contributed by atoms with Gasteiger partial charge in [-0.05, 0) is 37.8 Å². The third-order valence-corrected chi connectivity index (χ3v) is 4.70. The summed E-state index contributed by atoms with van der Waals surface area (Å²) in [5.74, 6) is -0.0277. The Morgan fingerprint density at radius 3 is 2.72 bits per heavy atom. The van der Waals surface area contributed by atoms with Gasteiger partial charge in [-0.25, -0.2) is 0 Å². The Morgan fingerprint density at radius 2 is 2.00 bits per heavy atom. The van der Waals surface area contributed by atoms with Crippen molar-refractivity contribution in [3.63, 3.8) is 0 Å². The topological polar surface area (TPSA) is 79.2 Å². The fourth-order valence-electron chi connectivity index (χ4n) is 3.24. The molecular weight excluding hydrogens is 316 g/mol. The molecule has 0 saturated heterocycles. The number of carbonyl (C=O) groups is 2. The van der Waals surface area contributed by atoms with Crippen LogP contribution in [0.4, 0.5) is 5.69 Å². The summed E-state index contributed by atoms with van der Waals surface area (Å²) in [6.07, 6.45) is 7.82. The highest BCUT2D eigenvalue weighted by atomic mass is 16.5. The highest BCUT2D eigenvalue weighted by Crippen LogP contribution is 2.27. The SMILES string of the molecule is C[C@H](OC(=O)CCCC1CCCCC1)C(=O)Nc1ccccc1C#N. The van der Waals surface area contributed by atoms with Gasteiger partial charge >= 0.3 is 5.97 Å². The number of carbonyl (C=O) groups excluding carboxylic acids is 2. The van der Waals surface area contributed by atoms with Gasteiger partial charge in [0, 0.05) is 6.42 Å². The Morgan fingerprint density at radius 1 is 1.28 bits per heavy atom. The summed E-state index contributed by atoms with van der Waals surface area (Å²) in [7, 11) is 0. The summed E-state index contributed by atoms with van der Waals surface area (Å²) in [5, 5.41) is 11.7. The van der Waals surface area contributed by atoms with E-state index in [0.29, 0.717) is 17.7 Å². The van der Waals surface area contributed by atoms with Crippen molar-refractivity contribution in [2.45, 2.75) is 64.4 Å².